The summed E-state index contributed by atoms with van der Waals surface area (Å²) in [6, 6.07) is 0. The van der Waals surface area contributed by atoms with Gasteiger partial charge in [0.25, 0.3) is 0 Å². The first-order valence-electron chi connectivity index (χ1n) is 22.2. The van der Waals surface area contributed by atoms with Gasteiger partial charge in [-0.1, -0.05) is 189 Å². The molecule has 0 radical (unpaired) electrons. The van der Waals surface area contributed by atoms with Gasteiger partial charge >= 0.3 is 17.9 Å². The number of carbonyl (C=O) groups excluding carboxylic acids is 3. The molecule has 0 aliphatic carbocycles. The quantitative estimate of drug-likeness (QED) is 0.0269. The molecule has 0 saturated carbocycles. The molecule has 0 aliphatic heterocycles. The van der Waals surface area contributed by atoms with Gasteiger partial charge in [0.2, 0.25) is 0 Å². The molecule has 6 heteroatoms. The molecule has 0 N–H and O–H groups in total. The average Bonchev–Trinajstić information content (AvgIpc) is 3.19. The Hall–Kier alpha value is -3.67. The molecule has 0 aromatic rings. The summed E-state index contributed by atoms with van der Waals surface area (Å²) in [5.74, 6) is -1.11. The van der Waals surface area contributed by atoms with E-state index >= 15 is 0 Å². The number of hydrogen-bond donors (Lipinski definition) is 0. The van der Waals surface area contributed by atoms with Crippen molar-refractivity contribution >= 4 is 17.9 Å². The van der Waals surface area contributed by atoms with E-state index in [9.17, 15) is 14.4 Å². The zero-order valence-electron chi connectivity index (χ0n) is 35.9. The van der Waals surface area contributed by atoms with Crippen molar-refractivity contribution in [2.24, 2.45) is 0 Å². The zero-order valence-corrected chi connectivity index (χ0v) is 35.9. The smallest absolute Gasteiger partial charge is 0.306 e. The molecule has 1 atom stereocenters. The lowest BCUT2D eigenvalue weighted by molar-refractivity contribution is -0.166. The van der Waals surface area contributed by atoms with Crippen LogP contribution in [0.3, 0.4) is 0 Å². The van der Waals surface area contributed by atoms with Crippen LogP contribution in [0.15, 0.2) is 97.2 Å². The maximum atomic E-state index is 12.7. The molecule has 0 heterocycles. The Morgan fingerprint density at radius 3 is 1.09 bits per heavy atom. The largest absolute Gasteiger partial charge is 0.462 e. The van der Waals surface area contributed by atoms with Crippen LogP contribution in [0.25, 0.3) is 0 Å². The van der Waals surface area contributed by atoms with Gasteiger partial charge in [0, 0.05) is 19.3 Å². The fraction of sp³-hybridized carbons (Fsp3) is 0.620. The Morgan fingerprint density at radius 1 is 0.375 bits per heavy atom. The van der Waals surface area contributed by atoms with Crippen molar-refractivity contribution in [2.45, 2.75) is 187 Å². The van der Waals surface area contributed by atoms with Crippen LogP contribution in [-0.2, 0) is 28.6 Å². The van der Waals surface area contributed by atoms with Crippen LogP contribution in [0.5, 0.6) is 0 Å². The number of rotatable bonds is 38. The lowest BCUT2D eigenvalue weighted by atomic mass is 10.0. The first-order chi connectivity index (χ1) is 27.5. The maximum absolute atomic E-state index is 12.7. The molecule has 0 aromatic heterocycles. The maximum Gasteiger partial charge on any atom is 0.306 e. The Bertz CT molecular complexity index is 1170. The summed E-state index contributed by atoms with van der Waals surface area (Å²) < 4.78 is 16.5. The molecule has 0 rings (SSSR count). The van der Waals surface area contributed by atoms with Gasteiger partial charge in [-0.3, -0.25) is 14.4 Å². The first-order valence-corrected chi connectivity index (χ1v) is 22.2. The van der Waals surface area contributed by atoms with Gasteiger partial charge in [-0.2, -0.15) is 0 Å². The predicted octanol–water partition coefficient (Wildman–Crippen LogP) is 14.2. The highest BCUT2D eigenvalue weighted by Crippen LogP contribution is 2.13. The Kier molecular flexibility index (Phi) is 41.2. The van der Waals surface area contributed by atoms with Crippen LogP contribution in [0.4, 0.5) is 0 Å². The summed E-state index contributed by atoms with van der Waals surface area (Å²) >= 11 is 0. The van der Waals surface area contributed by atoms with E-state index in [0.717, 1.165) is 70.6 Å². The number of esters is 3. The lowest BCUT2D eigenvalue weighted by Gasteiger charge is -2.18. The summed E-state index contributed by atoms with van der Waals surface area (Å²) in [5, 5.41) is 0. The third kappa shape index (κ3) is 41.5. The highest BCUT2D eigenvalue weighted by atomic mass is 16.6. The molecule has 0 fully saturated rings. The van der Waals surface area contributed by atoms with Crippen LogP contribution in [0.2, 0.25) is 0 Å². The normalized spacial score (nSPS) is 13.0. The zero-order chi connectivity index (χ0) is 40.8. The SMILES string of the molecule is CC/C=C\C/C=C\C/C=C\C/C=C\CCC(=O)OCC(COC(=O)CCCCCCCCCCCCCC)OC(=O)CC/C=C\C/C=C\C/C=C\C/C=C\CC. The van der Waals surface area contributed by atoms with Gasteiger partial charge in [0.15, 0.2) is 6.10 Å². The van der Waals surface area contributed by atoms with E-state index < -0.39 is 12.1 Å². The van der Waals surface area contributed by atoms with Gasteiger partial charge in [0.05, 0.1) is 0 Å². The van der Waals surface area contributed by atoms with E-state index in [1.54, 1.807) is 0 Å². The van der Waals surface area contributed by atoms with Crippen LogP contribution in [0.1, 0.15) is 181 Å². The van der Waals surface area contributed by atoms with Crippen molar-refractivity contribution in [3.8, 4) is 0 Å². The molecule has 316 valence electrons. The summed E-state index contributed by atoms with van der Waals surface area (Å²) in [6.07, 6.45) is 57.0. The summed E-state index contributed by atoms with van der Waals surface area (Å²) in [4.78, 5) is 37.6. The minimum atomic E-state index is -0.841. The predicted molar refractivity (Wildman–Crippen MR) is 237 cm³/mol. The van der Waals surface area contributed by atoms with Crippen LogP contribution in [0, 0.1) is 0 Å². The van der Waals surface area contributed by atoms with Crippen molar-refractivity contribution < 1.29 is 28.6 Å². The first kappa shape index (κ1) is 52.3. The summed E-state index contributed by atoms with van der Waals surface area (Å²) in [7, 11) is 0. The van der Waals surface area contributed by atoms with Crippen molar-refractivity contribution in [3.05, 3.63) is 97.2 Å². The summed E-state index contributed by atoms with van der Waals surface area (Å²) in [6.45, 7) is 6.24. The van der Waals surface area contributed by atoms with Gasteiger partial charge in [-0.15, -0.1) is 0 Å². The topological polar surface area (TPSA) is 78.9 Å². The van der Waals surface area contributed by atoms with E-state index in [1.807, 2.05) is 24.3 Å². The molecular weight excluding hydrogens is 697 g/mol. The van der Waals surface area contributed by atoms with Crippen LogP contribution in [-0.4, -0.2) is 37.2 Å². The minimum Gasteiger partial charge on any atom is -0.462 e. The van der Waals surface area contributed by atoms with E-state index in [-0.39, 0.29) is 38.0 Å². The fourth-order valence-corrected chi connectivity index (χ4v) is 5.58. The van der Waals surface area contributed by atoms with E-state index in [0.29, 0.717) is 19.3 Å². The molecule has 0 amide bonds. The third-order valence-corrected chi connectivity index (χ3v) is 8.86. The molecule has 6 nitrogen and oxygen atoms in total. The van der Waals surface area contributed by atoms with Gasteiger partial charge in [-0.25, -0.2) is 0 Å². The molecule has 0 aliphatic rings. The standard InChI is InChI=1S/C50H80O6/c1-4-7-10-13-16-19-22-25-28-31-34-37-40-43-49(52)55-46-47(45-54-48(51)42-39-36-33-30-27-24-21-18-15-12-9-6-3)56-50(53)44-41-38-35-32-29-26-23-20-17-14-11-8-5-2/h7-8,10-11,16-17,19-20,25-26,28-29,34-35,37-38,47H,4-6,9,12-15,18,21-24,27,30-33,36,39-46H2,1-3H3/b10-7-,11-8-,19-16-,20-17-,28-25-,29-26-,37-34-,38-35-. The van der Waals surface area contributed by atoms with E-state index in [4.69, 9.17) is 14.2 Å². The molecule has 1 unspecified atom stereocenters. The van der Waals surface area contributed by atoms with Gasteiger partial charge in [0.1, 0.15) is 13.2 Å². The molecule has 0 aromatic carbocycles. The van der Waals surface area contributed by atoms with Crippen molar-refractivity contribution in [1.82, 2.24) is 0 Å². The number of unbranched alkanes of at least 4 members (excludes halogenated alkanes) is 11. The van der Waals surface area contributed by atoms with Gasteiger partial charge < -0.3 is 14.2 Å². The third-order valence-electron chi connectivity index (χ3n) is 8.86. The number of carbonyl (C=O) groups is 3. The van der Waals surface area contributed by atoms with Crippen molar-refractivity contribution in [1.29, 1.82) is 0 Å². The Labute approximate surface area is 343 Å². The second-order valence-corrected chi connectivity index (χ2v) is 14.2. The minimum absolute atomic E-state index is 0.128. The molecule has 0 spiro atoms. The monoisotopic (exact) mass is 777 g/mol. The van der Waals surface area contributed by atoms with Crippen LogP contribution >= 0.6 is 0 Å². The van der Waals surface area contributed by atoms with Crippen molar-refractivity contribution in [3.63, 3.8) is 0 Å². The Morgan fingerprint density at radius 2 is 0.696 bits per heavy atom. The van der Waals surface area contributed by atoms with Gasteiger partial charge in [-0.05, 0) is 70.6 Å². The lowest BCUT2D eigenvalue weighted by Crippen LogP contribution is -2.30. The fourth-order valence-electron chi connectivity index (χ4n) is 5.58. The number of hydrogen-bond acceptors (Lipinski definition) is 6. The number of ether oxygens (including phenoxy) is 3. The van der Waals surface area contributed by atoms with E-state index in [1.165, 1.54) is 57.8 Å². The summed E-state index contributed by atoms with van der Waals surface area (Å²) in [5.41, 5.74) is 0. The van der Waals surface area contributed by atoms with Crippen molar-refractivity contribution in [2.75, 3.05) is 13.2 Å². The molecule has 0 saturated heterocycles. The highest BCUT2D eigenvalue weighted by molar-refractivity contribution is 5.71. The van der Waals surface area contributed by atoms with E-state index in [2.05, 4.69) is 93.7 Å². The second-order valence-electron chi connectivity index (χ2n) is 14.2. The second kappa shape index (κ2) is 44.0. The molecule has 0 bridgehead atoms. The molecule has 56 heavy (non-hydrogen) atoms. The molecular formula is C50H80O6. The highest BCUT2D eigenvalue weighted by Gasteiger charge is 2.19. The Balaban J connectivity index is 4.60. The van der Waals surface area contributed by atoms with Crippen LogP contribution < -0.4 is 0 Å². The number of allylic oxidation sites excluding steroid dienone is 16. The average molecular weight is 777 g/mol.